The average molecular weight is 1010 g/mol. The summed E-state index contributed by atoms with van der Waals surface area (Å²) >= 11 is 3.27. The van der Waals surface area contributed by atoms with Crippen LogP contribution in [0.3, 0.4) is 0 Å². The Balaban J connectivity index is 0.000000397. The number of unbranched alkanes of at least 4 members (excludes halogenated alkanes) is 6. The van der Waals surface area contributed by atoms with Crippen LogP contribution in [-0.4, -0.2) is 76.4 Å². The largest absolute Gasteiger partial charge is 0.481 e. The quantitative estimate of drug-likeness (QED) is 0.0434. The van der Waals surface area contributed by atoms with Gasteiger partial charge in [0.25, 0.3) is 0 Å². The van der Waals surface area contributed by atoms with Gasteiger partial charge in [0.1, 0.15) is 0 Å². The van der Waals surface area contributed by atoms with Crippen molar-refractivity contribution in [3.8, 4) is 0 Å². The van der Waals surface area contributed by atoms with Crippen LogP contribution in [0.2, 0.25) is 0 Å². The first-order valence-corrected chi connectivity index (χ1v) is 26.5. The lowest BCUT2D eigenvalue weighted by Gasteiger charge is -2.33. The molecule has 0 spiro atoms. The van der Waals surface area contributed by atoms with Crippen LogP contribution in [0.4, 0.5) is 11.4 Å². The zero-order valence-corrected chi connectivity index (χ0v) is 43.0. The van der Waals surface area contributed by atoms with Crippen LogP contribution < -0.4 is 0 Å². The normalized spacial score (nSPS) is 17.4. The number of hydrogen-bond donors (Lipinski definition) is 3. The number of rotatable bonds is 27. The van der Waals surface area contributed by atoms with Crippen LogP contribution in [-0.2, 0) is 52.4 Å². The van der Waals surface area contributed by atoms with Gasteiger partial charge in [-0.3, -0.25) is 33.5 Å². The fourth-order valence-electron chi connectivity index (χ4n) is 7.30. The fraction of sp³-hybridized carbons (Fsp3) is 0.562. The van der Waals surface area contributed by atoms with E-state index in [0.29, 0.717) is 68.8 Å². The summed E-state index contributed by atoms with van der Waals surface area (Å²) in [4.78, 5) is 40.6. The van der Waals surface area contributed by atoms with E-state index in [2.05, 4.69) is 45.1 Å². The molecule has 14 nitrogen and oxygen atoms in total. The number of alkyl halides is 1. The van der Waals surface area contributed by atoms with Crippen molar-refractivity contribution in [2.75, 3.05) is 31.8 Å². The number of carboxylic acids is 3. The number of fused-ring (bicyclic) bond motifs is 2. The average Bonchev–Trinajstić information content (AvgIpc) is 3.65. The maximum atomic E-state index is 14.0. The molecule has 0 bridgehead atoms. The van der Waals surface area contributed by atoms with Gasteiger partial charge in [-0.05, 0) is 117 Å². The van der Waals surface area contributed by atoms with E-state index in [1.807, 2.05) is 71.9 Å². The van der Waals surface area contributed by atoms with Crippen molar-refractivity contribution in [1.29, 1.82) is 0 Å². The van der Waals surface area contributed by atoms with Crippen molar-refractivity contribution in [2.45, 2.75) is 143 Å². The molecule has 65 heavy (non-hydrogen) atoms. The topological polar surface area (TPSA) is 208 Å². The lowest BCUT2D eigenvalue weighted by molar-refractivity contribution is -0.138. The lowest BCUT2D eigenvalue weighted by atomic mass is 9.79. The molecule has 0 aliphatic carbocycles. The SMILES string of the molecule is C=C(C1(C)C(C)=Nc2ccc(C)cc21)P(=O)(OCC)OCC.C=C(C1(C)C(C)=Nc2ccc(C)cc21)P(=O)(OCCCCCC(=O)O)OCCCCCC(=O)O.O=C(O)CCCCCBr. The van der Waals surface area contributed by atoms with Crippen molar-refractivity contribution in [1.82, 2.24) is 0 Å². The number of hydrogen-bond acceptors (Lipinski definition) is 11. The van der Waals surface area contributed by atoms with Crippen LogP contribution in [0.1, 0.15) is 141 Å². The summed E-state index contributed by atoms with van der Waals surface area (Å²) in [6.07, 6.45) is 6.77. The van der Waals surface area contributed by atoms with E-state index in [1.165, 1.54) is 0 Å². The van der Waals surface area contributed by atoms with Crippen molar-refractivity contribution >= 4 is 71.8 Å². The molecule has 2 aromatic rings. The molecule has 0 radical (unpaired) electrons. The van der Waals surface area contributed by atoms with Crippen LogP contribution in [0, 0.1) is 13.8 Å². The summed E-state index contributed by atoms with van der Waals surface area (Å²) in [5.74, 6) is -2.38. The van der Waals surface area contributed by atoms with Gasteiger partial charge in [-0.15, -0.1) is 0 Å². The first-order chi connectivity index (χ1) is 30.6. The second-order valence-electron chi connectivity index (χ2n) is 16.4. The fourth-order valence-corrected chi connectivity index (χ4v) is 11.5. The van der Waals surface area contributed by atoms with Crippen LogP contribution >= 0.6 is 31.1 Å². The summed E-state index contributed by atoms with van der Waals surface area (Å²) in [7, 11) is -7.18. The van der Waals surface area contributed by atoms with E-state index in [9.17, 15) is 23.5 Å². The first-order valence-electron chi connectivity index (χ1n) is 22.3. The molecule has 17 heteroatoms. The molecule has 2 heterocycles. The van der Waals surface area contributed by atoms with E-state index in [4.69, 9.17) is 33.4 Å². The van der Waals surface area contributed by atoms with E-state index < -0.39 is 43.9 Å². The number of aryl methyl sites for hydroxylation is 2. The number of aliphatic carboxylic acids is 3. The standard InChI is InChI=1S/C25H36NO7P.C17H24NO3P.C6H11BrO2/c1-18-13-14-22-21(17-18)25(4,19(2)26-22)20(3)34(31,32-15-9-5-7-11-23(27)28)33-16-10-6-8-12-24(29)30;1-7-20-22(19,21-8-2)14(5)17(6)13(4)18-16-10-9-12(3)11-15(16)17;7-5-3-1-2-4-6(8)9/h13-14,17H,3,5-12,15-16H2,1-2,4H3,(H,27,28)(H,29,30);9-11H,5,7-8H2,1-4,6H3;1-5H2,(H,8,9). The zero-order valence-electron chi connectivity index (χ0n) is 39.6. The van der Waals surface area contributed by atoms with E-state index in [-0.39, 0.29) is 26.1 Å². The van der Waals surface area contributed by atoms with Crippen LogP contribution in [0.25, 0.3) is 0 Å². The van der Waals surface area contributed by atoms with E-state index >= 15 is 0 Å². The number of benzene rings is 2. The number of carboxylic acid groups (broad SMARTS) is 3. The summed E-state index contributed by atoms with van der Waals surface area (Å²) in [6.45, 7) is 24.6. The molecule has 0 amide bonds. The Morgan fingerprint density at radius 3 is 1.25 bits per heavy atom. The van der Waals surface area contributed by atoms with Gasteiger partial charge >= 0.3 is 33.1 Å². The Hall–Kier alpha value is -3.55. The van der Waals surface area contributed by atoms with Gasteiger partial charge in [-0.2, -0.15) is 0 Å². The number of carbonyl (C=O) groups is 3. The molecular formula is C48H71BrN2O12P2. The zero-order chi connectivity index (χ0) is 49.0. The molecular weight excluding hydrogens is 938 g/mol. The highest BCUT2D eigenvalue weighted by atomic mass is 79.9. The minimum Gasteiger partial charge on any atom is -0.481 e. The molecule has 4 rings (SSSR count). The molecule has 0 saturated carbocycles. The molecule has 0 fully saturated rings. The summed E-state index contributed by atoms with van der Waals surface area (Å²) in [5.41, 5.74) is 5.96. The number of aliphatic imine (C=N–C) groups is 2. The van der Waals surface area contributed by atoms with E-state index in [1.54, 1.807) is 13.8 Å². The van der Waals surface area contributed by atoms with E-state index in [0.717, 1.165) is 69.6 Å². The number of allylic oxidation sites excluding steroid dienone is 2. The maximum absolute atomic E-state index is 14.0. The minimum atomic E-state index is -3.78. The van der Waals surface area contributed by atoms with Crippen molar-refractivity contribution in [2.24, 2.45) is 9.98 Å². The van der Waals surface area contributed by atoms with Gasteiger partial charge in [-0.1, -0.05) is 83.7 Å². The third kappa shape index (κ3) is 16.3. The molecule has 3 N–H and O–H groups in total. The minimum absolute atomic E-state index is 0.0844. The molecule has 2 aromatic carbocycles. The number of halogens is 1. The summed E-state index contributed by atoms with van der Waals surface area (Å²) in [5, 5.41) is 27.5. The van der Waals surface area contributed by atoms with Gasteiger partial charge in [0.2, 0.25) is 0 Å². The number of nitrogens with zero attached hydrogens (tertiary/aromatic N) is 2. The van der Waals surface area contributed by atoms with Gasteiger partial charge in [0, 0.05) is 36.0 Å². The summed E-state index contributed by atoms with van der Waals surface area (Å²) in [6, 6.07) is 12.0. The van der Waals surface area contributed by atoms with Crippen molar-refractivity contribution in [3.63, 3.8) is 0 Å². The van der Waals surface area contributed by atoms with Gasteiger partial charge in [0.05, 0.1) is 59.3 Å². The third-order valence-electron chi connectivity index (χ3n) is 11.4. The molecule has 2 atom stereocenters. The highest BCUT2D eigenvalue weighted by molar-refractivity contribution is 9.09. The Morgan fingerprint density at radius 1 is 0.585 bits per heavy atom. The molecule has 0 aromatic heterocycles. The molecule has 362 valence electrons. The van der Waals surface area contributed by atoms with Gasteiger partial charge in [0.15, 0.2) is 0 Å². The molecule has 2 aliphatic rings. The second-order valence-corrected chi connectivity index (χ2v) is 21.3. The van der Waals surface area contributed by atoms with Gasteiger partial charge in [-0.25, -0.2) is 0 Å². The Morgan fingerprint density at radius 2 is 0.923 bits per heavy atom. The molecule has 0 saturated heterocycles. The second kappa shape index (κ2) is 27.3. The van der Waals surface area contributed by atoms with Gasteiger partial charge < -0.3 is 33.4 Å². The maximum Gasteiger partial charge on any atom is 0.358 e. The lowest BCUT2D eigenvalue weighted by Crippen LogP contribution is -2.30. The smallest absolute Gasteiger partial charge is 0.358 e. The monoisotopic (exact) mass is 1010 g/mol. The predicted octanol–water partition coefficient (Wildman–Crippen LogP) is 13.6. The Labute approximate surface area is 394 Å². The summed E-state index contributed by atoms with van der Waals surface area (Å²) < 4.78 is 49.9. The highest BCUT2D eigenvalue weighted by Gasteiger charge is 2.49. The molecule has 2 unspecified atom stereocenters. The molecule has 2 aliphatic heterocycles. The van der Waals surface area contributed by atoms with Crippen molar-refractivity contribution < 1.29 is 56.9 Å². The highest BCUT2D eigenvalue weighted by Crippen LogP contribution is 2.65. The third-order valence-corrected chi connectivity index (χ3v) is 16.5. The van der Waals surface area contributed by atoms with Crippen LogP contribution in [0.15, 0.2) is 70.2 Å². The van der Waals surface area contributed by atoms with Crippen LogP contribution in [0.5, 0.6) is 0 Å². The Bertz CT molecular complexity index is 2100. The predicted molar refractivity (Wildman–Crippen MR) is 263 cm³/mol. The Kier molecular flexibility index (Phi) is 24.2. The van der Waals surface area contributed by atoms with Crippen molar-refractivity contribution in [3.05, 3.63) is 82.4 Å². The first kappa shape index (κ1) is 57.6.